The molecule has 2 fully saturated rings. The lowest BCUT2D eigenvalue weighted by Crippen LogP contribution is -2.66. The van der Waals surface area contributed by atoms with Gasteiger partial charge in [0.25, 0.3) is 0 Å². The highest BCUT2D eigenvalue weighted by atomic mass is 32.2. The maximum atomic E-state index is 12.6. The first-order valence-corrected chi connectivity index (χ1v) is 9.42. The molecule has 132 valence electrons. The van der Waals surface area contributed by atoms with E-state index < -0.39 is 5.60 Å². The van der Waals surface area contributed by atoms with Gasteiger partial charge in [0.05, 0.1) is 17.7 Å². The standard InChI is InChI=1S/C16H30N4O2S/c1-12(2)20-13(21)8-19(10-15(20,3)4)14(17-5)18-9-16(22)6-7-23-11-16/h12,22H,6-11H2,1-5H3,(H,17,18). The maximum Gasteiger partial charge on any atom is 0.242 e. The Balaban J connectivity index is 2.03. The summed E-state index contributed by atoms with van der Waals surface area (Å²) in [6.45, 7) is 9.81. The molecule has 0 bridgehead atoms. The van der Waals surface area contributed by atoms with Crippen LogP contribution in [0.4, 0.5) is 0 Å². The van der Waals surface area contributed by atoms with Crippen molar-refractivity contribution in [3.8, 4) is 0 Å². The number of aliphatic hydroxyl groups is 1. The number of nitrogens with zero attached hydrogens (tertiary/aromatic N) is 3. The molecule has 0 spiro atoms. The molecule has 2 aliphatic rings. The van der Waals surface area contributed by atoms with E-state index in [0.717, 1.165) is 24.5 Å². The van der Waals surface area contributed by atoms with E-state index in [-0.39, 0.29) is 17.5 Å². The van der Waals surface area contributed by atoms with E-state index in [1.165, 1.54) is 0 Å². The normalized spacial score (nSPS) is 28.7. The first-order chi connectivity index (χ1) is 10.7. The Hall–Kier alpha value is -0.950. The topological polar surface area (TPSA) is 68.2 Å². The van der Waals surface area contributed by atoms with Gasteiger partial charge in [-0.15, -0.1) is 0 Å². The first-order valence-electron chi connectivity index (χ1n) is 8.26. The summed E-state index contributed by atoms with van der Waals surface area (Å²) in [7, 11) is 1.72. The first kappa shape index (κ1) is 18.4. The Kier molecular flexibility index (Phi) is 5.51. The monoisotopic (exact) mass is 342 g/mol. The van der Waals surface area contributed by atoms with Crippen LogP contribution in [0.1, 0.15) is 34.1 Å². The Labute approximate surface area is 143 Å². The summed E-state index contributed by atoms with van der Waals surface area (Å²) < 4.78 is 0. The van der Waals surface area contributed by atoms with Crippen LogP contribution in [0, 0.1) is 0 Å². The number of thioether (sulfide) groups is 1. The molecule has 1 amide bonds. The molecule has 1 unspecified atom stereocenters. The number of carbonyl (C=O) groups excluding carboxylic acids is 1. The van der Waals surface area contributed by atoms with Gasteiger partial charge in [-0.25, -0.2) is 0 Å². The molecule has 0 aromatic rings. The summed E-state index contributed by atoms with van der Waals surface area (Å²) >= 11 is 1.78. The number of guanidine groups is 1. The van der Waals surface area contributed by atoms with Gasteiger partial charge in [0.2, 0.25) is 5.91 Å². The maximum absolute atomic E-state index is 12.6. The molecule has 2 saturated heterocycles. The fourth-order valence-corrected chi connectivity index (χ4v) is 4.92. The van der Waals surface area contributed by atoms with Gasteiger partial charge in [-0.3, -0.25) is 9.79 Å². The zero-order valence-corrected chi connectivity index (χ0v) is 15.7. The molecule has 2 rings (SSSR count). The van der Waals surface area contributed by atoms with E-state index in [4.69, 9.17) is 0 Å². The summed E-state index contributed by atoms with van der Waals surface area (Å²) in [6, 6.07) is 0.186. The van der Waals surface area contributed by atoms with Gasteiger partial charge >= 0.3 is 0 Å². The van der Waals surface area contributed by atoms with Gasteiger partial charge in [0, 0.05) is 31.9 Å². The fourth-order valence-electron chi connectivity index (χ4n) is 3.62. The molecule has 2 heterocycles. The van der Waals surface area contributed by atoms with E-state index in [2.05, 4.69) is 38.0 Å². The van der Waals surface area contributed by atoms with Crippen LogP contribution in [0.15, 0.2) is 4.99 Å². The summed E-state index contributed by atoms with van der Waals surface area (Å²) in [5.74, 6) is 2.56. The molecule has 1 atom stereocenters. The van der Waals surface area contributed by atoms with Crippen LogP contribution in [0.25, 0.3) is 0 Å². The third-order valence-electron chi connectivity index (χ3n) is 4.51. The van der Waals surface area contributed by atoms with E-state index in [1.54, 1.807) is 18.8 Å². The lowest BCUT2D eigenvalue weighted by Gasteiger charge is -2.49. The predicted octanol–water partition coefficient (Wildman–Crippen LogP) is 0.761. The van der Waals surface area contributed by atoms with Crippen molar-refractivity contribution in [2.75, 3.05) is 38.2 Å². The molecule has 23 heavy (non-hydrogen) atoms. The molecule has 0 radical (unpaired) electrons. The molecule has 0 aliphatic carbocycles. The lowest BCUT2D eigenvalue weighted by atomic mass is 9.96. The quantitative estimate of drug-likeness (QED) is 0.585. The van der Waals surface area contributed by atoms with Crippen LogP contribution >= 0.6 is 11.8 Å². The summed E-state index contributed by atoms with van der Waals surface area (Å²) in [5.41, 5.74) is -0.916. The number of piperazine rings is 1. The summed E-state index contributed by atoms with van der Waals surface area (Å²) in [4.78, 5) is 20.8. The Bertz CT molecular complexity index is 473. The fraction of sp³-hybridized carbons (Fsp3) is 0.875. The van der Waals surface area contributed by atoms with Crippen LogP contribution in [0.3, 0.4) is 0 Å². The van der Waals surface area contributed by atoms with Crippen molar-refractivity contribution in [3.05, 3.63) is 0 Å². The van der Waals surface area contributed by atoms with Crippen molar-refractivity contribution < 1.29 is 9.90 Å². The van der Waals surface area contributed by atoms with Crippen molar-refractivity contribution in [2.24, 2.45) is 4.99 Å². The molecule has 0 aromatic heterocycles. The summed E-state index contributed by atoms with van der Waals surface area (Å²) in [6.07, 6.45) is 0.799. The third kappa shape index (κ3) is 4.12. The third-order valence-corrected chi connectivity index (χ3v) is 5.74. The highest BCUT2D eigenvalue weighted by molar-refractivity contribution is 7.99. The number of hydrogen-bond acceptors (Lipinski definition) is 4. The molecule has 7 heteroatoms. The van der Waals surface area contributed by atoms with Crippen molar-refractivity contribution in [1.29, 1.82) is 0 Å². The van der Waals surface area contributed by atoms with Crippen molar-refractivity contribution in [2.45, 2.75) is 51.3 Å². The average Bonchev–Trinajstić information content (AvgIpc) is 2.84. The molecule has 2 N–H and O–H groups in total. The molecule has 2 aliphatic heterocycles. The van der Waals surface area contributed by atoms with Gasteiger partial charge in [-0.2, -0.15) is 11.8 Å². The minimum Gasteiger partial charge on any atom is -0.387 e. The second-order valence-electron chi connectivity index (χ2n) is 7.45. The minimum atomic E-state index is -0.667. The molecular weight excluding hydrogens is 312 g/mol. The lowest BCUT2D eigenvalue weighted by molar-refractivity contribution is -0.145. The number of rotatable bonds is 3. The second-order valence-corrected chi connectivity index (χ2v) is 8.56. The Morgan fingerprint density at radius 2 is 2.17 bits per heavy atom. The molecule has 6 nitrogen and oxygen atoms in total. The predicted molar refractivity (Wildman–Crippen MR) is 95.9 cm³/mol. The minimum absolute atomic E-state index is 0.120. The smallest absolute Gasteiger partial charge is 0.242 e. The van der Waals surface area contributed by atoms with Crippen LogP contribution in [0.2, 0.25) is 0 Å². The Morgan fingerprint density at radius 1 is 1.48 bits per heavy atom. The van der Waals surface area contributed by atoms with Gasteiger partial charge in [-0.05, 0) is 39.9 Å². The summed E-state index contributed by atoms with van der Waals surface area (Å²) in [5, 5.41) is 13.7. The van der Waals surface area contributed by atoms with Gasteiger partial charge in [0.15, 0.2) is 5.96 Å². The Morgan fingerprint density at radius 3 is 2.65 bits per heavy atom. The number of aliphatic imine (C=N–C) groups is 1. The van der Waals surface area contributed by atoms with E-state index >= 15 is 0 Å². The zero-order valence-electron chi connectivity index (χ0n) is 14.9. The van der Waals surface area contributed by atoms with E-state index in [9.17, 15) is 9.90 Å². The van der Waals surface area contributed by atoms with Crippen molar-refractivity contribution >= 4 is 23.6 Å². The van der Waals surface area contributed by atoms with Gasteiger partial charge < -0.3 is 20.2 Å². The molecular formula is C16H30N4O2S. The number of carbonyl (C=O) groups is 1. The van der Waals surface area contributed by atoms with Gasteiger partial charge in [0.1, 0.15) is 0 Å². The SMILES string of the molecule is CN=C(NCC1(O)CCSC1)N1CC(=O)N(C(C)C)C(C)(C)C1. The van der Waals surface area contributed by atoms with Gasteiger partial charge in [-0.1, -0.05) is 0 Å². The van der Waals surface area contributed by atoms with Crippen LogP contribution in [-0.2, 0) is 4.79 Å². The number of nitrogens with one attached hydrogen (secondary N) is 1. The van der Waals surface area contributed by atoms with Crippen LogP contribution in [0.5, 0.6) is 0 Å². The van der Waals surface area contributed by atoms with Crippen molar-refractivity contribution in [1.82, 2.24) is 15.1 Å². The largest absolute Gasteiger partial charge is 0.387 e. The number of hydrogen-bond donors (Lipinski definition) is 2. The molecule has 0 saturated carbocycles. The van der Waals surface area contributed by atoms with Crippen LogP contribution in [-0.4, -0.2) is 82.1 Å². The van der Waals surface area contributed by atoms with Crippen LogP contribution < -0.4 is 5.32 Å². The van der Waals surface area contributed by atoms with E-state index in [1.807, 2.05) is 9.80 Å². The molecule has 0 aromatic carbocycles. The highest BCUT2D eigenvalue weighted by Gasteiger charge is 2.41. The highest BCUT2D eigenvalue weighted by Crippen LogP contribution is 2.27. The zero-order chi connectivity index (χ0) is 17.3. The second kappa shape index (κ2) is 6.89. The van der Waals surface area contributed by atoms with Crippen molar-refractivity contribution in [3.63, 3.8) is 0 Å². The number of amides is 1. The average molecular weight is 343 g/mol. The van der Waals surface area contributed by atoms with E-state index in [0.29, 0.717) is 19.0 Å².